The number of esters is 1. The minimum absolute atomic E-state index is 0.0718. The number of likely N-dealkylation sites (N-methyl/N-ethyl adjacent to an activating group) is 1. The molecule has 14 atom stereocenters. The average molecular weight is 649 g/mol. The summed E-state index contributed by atoms with van der Waals surface area (Å²) in [5.41, 5.74) is -3.68. The normalized spacial score (nSPS) is 45.0. The molecular weight excluding hydrogens is 592 g/mol. The molecule has 0 aromatic heterocycles. The zero-order chi connectivity index (χ0) is 34.6. The van der Waals surface area contributed by atoms with Gasteiger partial charge >= 0.3 is 5.97 Å². The quantitative estimate of drug-likeness (QED) is 0.133. The second-order valence-corrected chi connectivity index (χ2v) is 13.5. The number of hydrogen-bond acceptors (Lipinski definition) is 13. The molecule has 2 rings (SSSR count). The predicted octanol–water partition coefficient (Wildman–Crippen LogP) is 0.665. The molecule has 0 spiro atoms. The molecule has 0 aromatic rings. The first-order valence-electron chi connectivity index (χ1n) is 15.7. The van der Waals surface area contributed by atoms with Crippen LogP contribution in [0.1, 0.15) is 74.7 Å². The Balaban J connectivity index is 2.58. The first-order chi connectivity index (χ1) is 20.8. The van der Waals surface area contributed by atoms with Crippen molar-refractivity contribution >= 4 is 17.6 Å². The Morgan fingerprint density at radius 1 is 1.07 bits per heavy atom. The van der Waals surface area contributed by atoms with E-state index in [1.165, 1.54) is 39.8 Å². The molecule has 0 bridgehead atoms. The molecule has 1 amide bonds. The lowest BCUT2D eigenvalue weighted by molar-refractivity contribution is -0.298. The van der Waals surface area contributed by atoms with Crippen molar-refractivity contribution < 1.29 is 59.3 Å². The Morgan fingerprint density at radius 2 is 1.67 bits per heavy atom. The van der Waals surface area contributed by atoms with Gasteiger partial charge < -0.3 is 54.6 Å². The molecule has 0 aromatic carbocycles. The number of rotatable bonds is 6. The third-order valence-electron chi connectivity index (χ3n) is 9.73. The van der Waals surface area contributed by atoms with Crippen LogP contribution in [0, 0.1) is 23.7 Å². The van der Waals surface area contributed by atoms with Crippen LogP contribution in [0.15, 0.2) is 5.16 Å². The number of carbonyl (C=O) groups excluding carboxylic acids is 2. The molecule has 0 radical (unpaired) electrons. The van der Waals surface area contributed by atoms with Gasteiger partial charge in [-0.2, -0.15) is 0 Å². The summed E-state index contributed by atoms with van der Waals surface area (Å²) in [6.07, 6.45) is -8.25. The van der Waals surface area contributed by atoms with Crippen LogP contribution >= 0.6 is 0 Å². The van der Waals surface area contributed by atoms with E-state index >= 15 is 0 Å². The second-order valence-electron chi connectivity index (χ2n) is 13.5. The smallest absolute Gasteiger partial charge is 0.311 e. The van der Waals surface area contributed by atoms with E-state index in [9.17, 15) is 40.3 Å². The molecule has 14 heteroatoms. The van der Waals surface area contributed by atoms with Crippen molar-refractivity contribution in [2.75, 3.05) is 20.8 Å². The van der Waals surface area contributed by atoms with Gasteiger partial charge in [-0.3, -0.25) is 9.59 Å². The van der Waals surface area contributed by atoms with Crippen molar-refractivity contribution in [3.8, 4) is 0 Å². The number of carbonyl (C=O) groups is 2. The van der Waals surface area contributed by atoms with Crippen LogP contribution in [-0.2, 0) is 28.5 Å². The average Bonchev–Trinajstić information content (AvgIpc) is 2.97. The van der Waals surface area contributed by atoms with Gasteiger partial charge in [0.15, 0.2) is 6.29 Å². The van der Waals surface area contributed by atoms with Crippen molar-refractivity contribution in [2.45, 2.75) is 135 Å². The summed E-state index contributed by atoms with van der Waals surface area (Å²) < 4.78 is 22.9. The van der Waals surface area contributed by atoms with Crippen LogP contribution in [0.2, 0.25) is 0 Å². The summed E-state index contributed by atoms with van der Waals surface area (Å²) >= 11 is 0. The Kier molecular flexibility index (Phi) is 13.8. The lowest BCUT2D eigenvalue weighted by Gasteiger charge is -2.47. The number of nitrogens with zero attached hydrogens (tertiary/aromatic N) is 2. The summed E-state index contributed by atoms with van der Waals surface area (Å²) in [6.45, 7) is 12.3. The molecule has 2 aliphatic rings. The van der Waals surface area contributed by atoms with Gasteiger partial charge in [0.2, 0.25) is 5.91 Å². The minimum Gasteiger partial charge on any atom is -0.459 e. The third-order valence-corrected chi connectivity index (χ3v) is 9.73. The lowest BCUT2D eigenvalue weighted by Crippen LogP contribution is -2.61. The molecular formula is C31H56N2O12. The standard InChI is InChI=1S/C31H56N2O12/c1-11-21-31(8,40)26(37)17(4)23(32-41)15(2)13-30(7,39)27(18(5)24(35)19(6)28(38)44-21)45-29-25(36)20(12-16(3)43-29)33(9)22(34)14-42-10/h15-21,24-27,29,35-37,39-41H,11-14H2,1-10H3/b32-23+/t15-,16-,17+,18+,19-,20+,21-,24+,25-,26-,27-,29+,30-,31-/m1/s1. The van der Waals surface area contributed by atoms with E-state index < -0.39 is 89.8 Å². The molecule has 262 valence electrons. The molecule has 14 nitrogen and oxygen atoms in total. The fourth-order valence-corrected chi connectivity index (χ4v) is 6.89. The van der Waals surface area contributed by atoms with Gasteiger partial charge in [0.1, 0.15) is 24.4 Å². The van der Waals surface area contributed by atoms with Crippen molar-refractivity contribution in [2.24, 2.45) is 28.8 Å². The molecule has 2 saturated heterocycles. The van der Waals surface area contributed by atoms with Crippen molar-refractivity contribution in [3.05, 3.63) is 0 Å². The highest BCUT2D eigenvalue weighted by Crippen LogP contribution is 2.38. The number of amides is 1. The summed E-state index contributed by atoms with van der Waals surface area (Å²) in [4.78, 5) is 27.2. The van der Waals surface area contributed by atoms with Crippen LogP contribution < -0.4 is 0 Å². The Bertz CT molecular complexity index is 1020. The van der Waals surface area contributed by atoms with Crippen LogP contribution in [0.5, 0.6) is 0 Å². The number of hydrogen-bond donors (Lipinski definition) is 6. The zero-order valence-electron chi connectivity index (χ0n) is 28.3. The first kappa shape index (κ1) is 39.3. The summed E-state index contributed by atoms with van der Waals surface area (Å²) in [7, 11) is 2.93. The summed E-state index contributed by atoms with van der Waals surface area (Å²) in [5, 5.41) is 70.8. The van der Waals surface area contributed by atoms with Gasteiger partial charge in [-0.25, -0.2) is 0 Å². The second kappa shape index (κ2) is 15.8. The van der Waals surface area contributed by atoms with Crippen LogP contribution in [-0.4, -0.2) is 134 Å². The number of methoxy groups -OCH3 is 1. The molecule has 0 unspecified atom stereocenters. The number of aliphatic hydroxyl groups excluding tert-OH is 3. The number of aliphatic hydroxyl groups is 5. The van der Waals surface area contributed by atoms with E-state index in [1.54, 1.807) is 34.6 Å². The van der Waals surface area contributed by atoms with Crippen LogP contribution in [0.25, 0.3) is 0 Å². The summed E-state index contributed by atoms with van der Waals surface area (Å²) in [6, 6.07) is -0.716. The van der Waals surface area contributed by atoms with Gasteiger partial charge in [0.25, 0.3) is 0 Å². The van der Waals surface area contributed by atoms with Gasteiger partial charge in [0, 0.05) is 31.9 Å². The number of cyclic esters (lactones) is 1. The van der Waals surface area contributed by atoms with E-state index in [1.807, 2.05) is 0 Å². The maximum atomic E-state index is 13.3. The highest BCUT2D eigenvalue weighted by Gasteiger charge is 2.51. The van der Waals surface area contributed by atoms with E-state index in [2.05, 4.69) is 5.16 Å². The van der Waals surface area contributed by atoms with E-state index in [4.69, 9.17) is 18.9 Å². The number of ether oxygens (including phenoxy) is 4. The molecule has 2 heterocycles. The first-order valence-corrected chi connectivity index (χ1v) is 15.7. The van der Waals surface area contributed by atoms with Gasteiger partial charge in [0.05, 0.1) is 47.7 Å². The van der Waals surface area contributed by atoms with Crippen molar-refractivity contribution in [3.63, 3.8) is 0 Å². The highest BCUT2D eigenvalue weighted by molar-refractivity contribution is 5.88. The highest BCUT2D eigenvalue weighted by atomic mass is 16.7. The molecule has 45 heavy (non-hydrogen) atoms. The van der Waals surface area contributed by atoms with Crippen LogP contribution in [0.3, 0.4) is 0 Å². The van der Waals surface area contributed by atoms with E-state index in [0.29, 0.717) is 6.42 Å². The Hall–Kier alpha value is -1.91. The van der Waals surface area contributed by atoms with E-state index in [0.717, 1.165) is 0 Å². The number of oxime groups is 1. The van der Waals surface area contributed by atoms with E-state index in [-0.39, 0.29) is 31.1 Å². The fraction of sp³-hybridized carbons (Fsp3) is 0.903. The Morgan fingerprint density at radius 3 is 2.20 bits per heavy atom. The minimum atomic E-state index is -1.95. The largest absolute Gasteiger partial charge is 0.459 e. The topological polar surface area (TPSA) is 208 Å². The zero-order valence-corrected chi connectivity index (χ0v) is 28.3. The molecule has 2 fully saturated rings. The van der Waals surface area contributed by atoms with Gasteiger partial charge in [-0.1, -0.05) is 32.9 Å². The lowest BCUT2D eigenvalue weighted by atomic mass is 9.73. The monoisotopic (exact) mass is 648 g/mol. The maximum Gasteiger partial charge on any atom is 0.311 e. The molecule has 2 aliphatic heterocycles. The molecule has 0 saturated carbocycles. The van der Waals surface area contributed by atoms with Gasteiger partial charge in [-0.05, 0) is 47.0 Å². The summed E-state index contributed by atoms with van der Waals surface area (Å²) in [5.74, 6) is -4.95. The molecule has 6 N–H and O–H groups in total. The maximum absolute atomic E-state index is 13.3. The van der Waals surface area contributed by atoms with Crippen LogP contribution in [0.4, 0.5) is 0 Å². The Labute approximate surface area is 266 Å². The molecule has 0 aliphatic carbocycles. The fourth-order valence-electron chi connectivity index (χ4n) is 6.89. The van der Waals surface area contributed by atoms with Crippen molar-refractivity contribution in [1.29, 1.82) is 0 Å². The third kappa shape index (κ3) is 8.72. The SMILES string of the molecule is CC[C@H]1OC(=O)[C@H](C)[C@@H](O)[C@H](C)[C@@H](O[C@@H]2O[C@H](C)C[C@H](N(C)C(=O)COC)[C@H]2O)[C@](C)(O)C[C@@H](C)/C(=N\O)[C@H](C)[C@@H](O)[C@]1(C)O. The van der Waals surface area contributed by atoms with Gasteiger partial charge in [-0.15, -0.1) is 0 Å². The predicted molar refractivity (Wildman–Crippen MR) is 162 cm³/mol. The van der Waals surface area contributed by atoms with Crippen molar-refractivity contribution in [1.82, 2.24) is 4.90 Å².